The first-order chi connectivity index (χ1) is 21.4. The second kappa shape index (κ2) is 13.5. The van der Waals surface area contributed by atoms with Crippen LogP contribution >= 0.6 is 23.4 Å². The summed E-state index contributed by atoms with van der Waals surface area (Å²) < 4.78 is 16.1. The predicted octanol–water partition coefficient (Wildman–Crippen LogP) is 3.65. The molecule has 3 aliphatic rings. The van der Waals surface area contributed by atoms with E-state index in [1.165, 1.54) is 11.8 Å². The van der Waals surface area contributed by atoms with Gasteiger partial charge in [0.1, 0.15) is 16.7 Å². The minimum Gasteiger partial charge on any atom is -0.497 e. The Morgan fingerprint density at radius 1 is 0.977 bits per heavy atom. The van der Waals surface area contributed by atoms with Gasteiger partial charge in [0, 0.05) is 70.0 Å². The van der Waals surface area contributed by atoms with Gasteiger partial charge >= 0.3 is 0 Å². The molecular weight excluding hydrogens is 604 g/mol. The molecule has 3 aromatic rings. The van der Waals surface area contributed by atoms with Crippen molar-refractivity contribution in [2.24, 2.45) is 0 Å². The highest BCUT2D eigenvalue weighted by atomic mass is 35.5. The maximum atomic E-state index is 13.1. The number of halogens is 1. The number of fused-ring (bicyclic) bond motifs is 1. The normalized spacial score (nSPS) is 18.4. The number of nitrogens with zero attached hydrogens (tertiary/aromatic N) is 6. The van der Waals surface area contributed by atoms with E-state index >= 15 is 0 Å². The number of benzene rings is 2. The van der Waals surface area contributed by atoms with Gasteiger partial charge in [-0.05, 0) is 48.9 Å². The van der Waals surface area contributed by atoms with Crippen LogP contribution in [0.2, 0.25) is 5.15 Å². The maximum absolute atomic E-state index is 13.1. The Balaban J connectivity index is 0.988. The zero-order valence-corrected chi connectivity index (χ0v) is 26.4. The summed E-state index contributed by atoms with van der Waals surface area (Å²) in [5.74, 6) is 3.27. The van der Waals surface area contributed by atoms with Crippen LogP contribution in [0.1, 0.15) is 22.8 Å². The molecule has 0 saturated carbocycles. The summed E-state index contributed by atoms with van der Waals surface area (Å²) in [4.78, 5) is 43.5. The van der Waals surface area contributed by atoms with Gasteiger partial charge in [-0.3, -0.25) is 14.5 Å². The van der Waals surface area contributed by atoms with Crippen molar-refractivity contribution >= 4 is 41.0 Å². The number of piperazine rings is 2. The average Bonchev–Trinajstić information content (AvgIpc) is 3.51. The van der Waals surface area contributed by atoms with E-state index in [1.807, 2.05) is 28.9 Å². The summed E-state index contributed by atoms with van der Waals surface area (Å²) >= 11 is 7.68. The standard InChI is InChI=1S/C31H35ClN6O5S/c1-21-17-37(13-14-38(21)30(40)23-4-6-24(41-2)7-5-23)28-16-27(32)33-31(34-28)44-19-29(39)36-11-9-35(10-12-36)18-22-3-8-25-26(15-22)43-20-42-25/h3-8,15-16,21H,9-14,17-20H2,1-2H3. The van der Waals surface area contributed by atoms with Gasteiger partial charge in [0.15, 0.2) is 16.7 Å². The Morgan fingerprint density at radius 3 is 2.50 bits per heavy atom. The number of hydrogen-bond acceptors (Lipinski definition) is 10. The van der Waals surface area contributed by atoms with Crippen molar-refractivity contribution in [3.05, 3.63) is 64.8 Å². The molecule has 1 atom stereocenters. The third kappa shape index (κ3) is 6.98. The van der Waals surface area contributed by atoms with E-state index in [0.29, 0.717) is 60.2 Å². The lowest BCUT2D eigenvalue weighted by Gasteiger charge is -2.40. The van der Waals surface area contributed by atoms with Crippen LogP contribution in [0.25, 0.3) is 0 Å². The van der Waals surface area contributed by atoms with Gasteiger partial charge in [0.25, 0.3) is 5.91 Å². The molecule has 1 unspecified atom stereocenters. The van der Waals surface area contributed by atoms with Crippen LogP contribution in [0.4, 0.5) is 5.82 Å². The van der Waals surface area contributed by atoms with Crippen molar-refractivity contribution in [1.29, 1.82) is 0 Å². The van der Waals surface area contributed by atoms with E-state index in [0.717, 1.165) is 36.7 Å². The van der Waals surface area contributed by atoms with Crippen molar-refractivity contribution in [1.82, 2.24) is 24.7 Å². The molecule has 2 fully saturated rings. The van der Waals surface area contributed by atoms with Crippen LogP contribution < -0.4 is 19.1 Å². The Kier molecular flexibility index (Phi) is 9.29. The van der Waals surface area contributed by atoms with Crippen LogP contribution in [0.5, 0.6) is 17.2 Å². The summed E-state index contributed by atoms with van der Waals surface area (Å²) in [7, 11) is 1.60. The van der Waals surface area contributed by atoms with Gasteiger partial charge < -0.3 is 28.9 Å². The topological polar surface area (TPSA) is 101 Å². The average molecular weight is 639 g/mol. The summed E-state index contributed by atoms with van der Waals surface area (Å²) in [5.41, 5.74) is 1.80. The van der Waals surface area contributed by atoms with Crippen molar-refractivity contribution in [2.45, 2.75) is 24.7 Å². The Labute approximate surface area is 266 Å². The number of thioether (sulfide) groups is 1. The van der Waals surface area contributed by atoms with Crippen LogP contribution in [0, 0.1) is 0 Å². The smallest absolute Gasteiger partial charge is 0.254 e. The fourth-order valence-electron chi connectivity index (χ4n) is 5.65. The SMILES string of the molecule is COc1ccc(C(=O)N2CCN(c3cc(Cl)nc(SCC(=O)N4CCN(Cc5ccc6c(c5)OCO6)CC4)n3)CC2C)cc1. The molecule has 4 heterocycles. The molecule has 3 aliphatic heterocycles. The number of hydrogen-bond donors (Lipinski definition) is 0. The number of methoxy groups -OCH3 is 1. The fourth-order valence-corrected chi connectivity index (χ4v) is 6.63. The second-order valence-electron chi connectivity index (χ2n) is 11.0. The minimum atomic E-state index is -0.0338. The van der Waals surface area contributed by atoms with Crippen LogP contribution in [0.3, 0.4) is 0 Å². The lowest BCUT2D eigenvalue weighted by molar-refractivity contribution is -0.130. The summed E-state index contributed by atoms with van der Waals surface area (Å²) in [6.45, 7) is 7.80. The van der Waals surface area contributed by atoms with Crippen LogP contribution in [-0.4, -0.2) is 108 Å². The molecule has 1 aromatic heterocycles. The molecule has 232 valence electrons. The summed E-state index contributed by atoms with van der Waals surface area (Å²) in [6.07, 6.45) is 0. The van der Waals surface area contributed by atoms with E-state index in [1.54, 1.807) is 37.4 Å². The van der Waals surface area contributed by atoms with E-state index < -0.39 is 0 Å². The number of ether oxygens (including phenoxy) is 3. The Morgan fingerprint density at radius 2 is 1.75 bits per heavy atom. The molecule has 44 heavy (non-hydrogen) atoms. The van der Waals surface area contributed by atoms with E-state index in [-0.39, 0.29) is 30.4 Å². The van der Waals surface area contributed by atoms with E-state index in [9.17, 15) is 9.59 Å². The van der Waals surface area contributed by atoms with Gasteiger partial charge in [0.05, 0.1) is 12.9 Å². The van der Waals surface area contributed by atoms with Crippen molar-refractivity contribution < 1.29 is 23.8 Å². The Bertz CT molecular complexity index is 1500. The number of carbonyl (C=O) groups excluding carboxylic acids is 2. The number of aromatic nitrogens is 2. The number of carbonyl (C=O) groups is 2. The molecule has 2 saturated heterocycles. The quantitative estimate of drug-likeness (QED) is 0.206. The van der Waals surface area contributed by atoms with Crippen molar-refractivity contribution in [3.63, 3.8) is 0 Å². The van der Waals surface area contributed by atoms with E-state index in [2.05, 4.69) is 20.9 Å². The maximum Gasteiger partial charge on any atom is 0.254 e. The predicted molar refractivity (Wildman–Crippen MR) is 168 cm³/mol. The van der Waals surface area contributed by atoms with Crippen LogP contribution in [-0.2, 0) is 11.3 Å². The first kappa shape index (κ1) is 30.3. The zero-order chi connectivity index (χ0) is 30.6. The molecule has 6 rings (SSSR count). The molecule has 2 aromatic carbocycles. The lowest BCUT2D eigenvalue weighted by atomic mass is 10.1. The van der Waals surface area contributed by atoms with Gasteiger partial charge in [0.2, 0.25) is 12.7 Å². The monoisotopic (exact) mass is 638 g/mol. The van der Waals surface area contributed by atoms with Crippen molar-refractivity contribution in [3.8, 4) is 17.2 Å². The second-order valence-corrected chi connectivity index (χ2v) is 12.3. The number of amides is 2. The molecule has 0 aliphatic carbocycles. The molecule has 13 heteroatoms. The Hall–Kier alpha value is -3.74. The molecular formula is C31H35ClN6O5S. The molecule has 0 N–H and O–H groups in total. The highest BCUT2D eigenvalue weighted by molar-refractivity contribution is 7.99. The molecule has 0 radical (unpaired) electrons. The zero-order valence-electron chi connectivity index (χ0n) is 24.8. The molecule has 2 amide bonds. The van der Waals surface area contributed by atoms with Crippen LogP contribution in [0.15, 0.2) is 53.7 Å². The highest BCUT2D eigenvalue weighted by Gasteiger charge is 2.29. The minimum absolute atomic E-state index is 0.0101. The van der Waals surface area contributed by atoms with Crippen molar-refractivity contribution in [2.75, 3.05) is 70.4 Å². The van der Waals surface area contributed by atoms with Gasteiger partial charge in [-0.25, -0.2) is 9.97 Å². The number of anilines is 1. The molecule has 11 nitrogen and oxygen atoms in total. The molecule has 0 spiro atoms. The van der Waals surface area contributed by atoms with Gasteiger partial charge in [-0.15, -0.1) is 0 Å². The summed E-state index contributed by atoms with van der Waals surface area (Å²) in [6, 6.07) is 14.9. The number of rotatable bonds is 8. The lowest BCUT2D eigenvalue weighted by Crippen LogP contribution is -2.54. The third-order valence-electron chi connectivity index (χ3n) is 8.10. The fraction of sp³-hybridized carbons (Fsp3) is 0.419. The highest BCUT2D eigenvalue weighted by Crippen LogP contribution is 2.33. The van der Waals surface area contributed by atoms with Gasteiger partial charge in [-0.1, -0.05) is 29.4 Å². The largest absolute Gasteiger partial charge is 0.497 e. The third-order valence-corrected chi connectivity index (χ3v) is 9.13. The first-order valence-electron chi connectivity index (χ1n) is 14.6. The molecule has 0 bridgehead atoms. The van der Waals surface area contributed by atoms with E-state index in [4.69, 9.17) is 30.8 Å². The van der Waals surface area contributed by atoms with Gasteiger partial charge in [-0.2, -0.15) is 0 Å². The first-order valence-corrected chi connectivity index (χ1v) is 16.0. The summed E-state index contributed by atoms with van der Waals surface area (Å²) in [5, 5.41) is 0.790.